The van der Waals surface area contributed by atoms with Crippen molar-refractivity contribution >= 4 is 21.4 Å². The molecular formula is C11H16N2O2S2. The van der Waals surface area contributed by atoms with E-state index in [9.17, 15) is 8.42 Å². The van der Waals surface area contributed by atoms with Crippen LogP contribution in [0.4, 0.5) is 0 Å². The molecule has 0 radical (unpaired) electrons. The van der Waals surface area contributed by atoms with Gasteiger partial charge < -0.3 is 4.90 Å². The van der Waals surface area contributed by atoms with Crippen molar-refractivity contribution in [3.63, 3.8) is 0 Å². The normalized spacial score (nSPS) is 32.8. The lowest BCUT2D eigenvalue weighted by atomic mass is 9.85. The molecule has 0 spiro atoms. The molecule has 0 unspecified atom stereocenters. The van der Waals surface area contributed by atoms with Gasteiger partial charge >= 0.3 is 0 Å². The molecule has 3 saturated heterocycles. The van der Waals surface area contributed by atoms with Crippen molar-refractivity contribution in [3.05, 3.63) is 17.5 Å². The molecule has 4 heterocycles. The molecule has 0 aromatic carbocycles. The summed E-state index contributed by atoms with van der Waals surface area (Å²) in [5.41, 5.74) is 0. The summed E-state index contributed by atoms with van der Waals surface area (Å²) < 4.78 is 27.5. The van der Waals surface area contributed by atoms with E-state index in [1.54, 1.807) is 17.5 Å². The molecule has 17 heavy (non-hydrogen) atoms. The Morgan fingerprint density at radius 3 is 2.65 bits per heavy atom. The SMILES string of the molecule is O=S(=O)(N[C@@H]1CN2CCC1CC2)c1cccs1. The van der Waals surface area contributed by atoms with Gasteiger partial charge in [0.15, 0.2) is 0 Å². The van der Waals surface area contributed by atoms with Gasteiger partial charge in [-0.25, -0.2) is 13.1 Å². The number of piperidine rings is 3. The minimum Gasteiger partial charge on any atom is -0.302 e. The molecule has 0 amide bonds. The van der Waals surface area contributed by atoms with Crippen LogP contribution in [0.15, 0.2) is 21.7 Å². The van der Waals surface area contributed by atoms with Crippen LogP contribution < -0.4 is 4.72 Å². The first-order chi connectivity index (χ1) is 8.15. The molecule has 94 valence electrons. The summed E-state index contributed by atoms with van der Waals surface area (Å²) >= 11 is 1.27. The van der Waals surface area contributed by atoms with Crippen LogP contribution in [0.2, 0.25) is 0 Å². The van der Waals surface area contributed by atoms with Crippen LogP contribution in [0.25, 0.3) is 0 Å². The van der Waals surface area contributed by atoms with Gasteiger partial charge in [-0.1, -0.05) is 6.07 Å². The van der Waals surface area contributed by atoms with Gasteiger partial charge in [-0.05, 0) is 43.3 Å². The third-order valence-electron chi connectivity index (χ3n) is 3.72. The molecule has 4 rings (SSSR count). The monoisotopic (exact) mass is 272 g/mol. The highest BCUT2D eigenvalue weighted by atomic mass is 32.2. The molecule has 1 atom stereocenters. The summed E-state index contributed by atoms with van der Waals surface area (Å²) in [7, 11) is -3.30. The summed E-state index contributed by atoms with van der Waals surface area (Å²) in [6.45, 7) is 3.12. The quantitative estimate of drug-likeness (QED) is 0.897. The van der Waals surface area contributed by atoms with Gasteiger partial charge in [-0.2, -0.15) is 0 Å². The van der Waals surface area contributed by atoms with Gasteiger partial charge in [-0.15, -0.1) is 11.3 Å². The summed E-state index contributed by atoms with van der Waals surface area (Å²) in [5.74, 6) is 0.523. The van der Waals surface area contributed by atoms with Crippen LogP contribution in [-0.4, -0.2) is 39.0 Å². The van der Waals surface area contributed by atoms with Crippen molar-refractivity contribution < 1.29 is 8.42 Å². The number of hydrogen-bond donors (Lipinski definition) is 1. The minimum atomic E-state index is -3.30. The second-order valence-corrected chi connectivity index (χ2v) is 7.69. The van der Waals surface area contributed by atoms with Crippen LogP contribution in [0.3, 0.4) is 0 Å². The maximum Gasteiger partial charge on any atom is 0.250 e. The van der Waals surface area contributed by atoms with E-state index in [1.807, 2.05) is 0 Å². The number of rotatable bonds is 3. The zero-order chi connectivity index (χ0) is 11.9. The number of nitrogens with one attached hydrogen (secondary N) is 1. The van der Waals surface area contributed by atoms with E-state index in [0.717, 1.165) is 32.5 Å². The Labute approximate surface area is 106 Å². The molecule has 2 bridgehead atoms. The van der Waals surface area contributed by atoms with E-state index < -0.39 is 10.0 Å². The van der Waals surface area contributed by atoms with Gasteiger partial charge in [0, 0.05) is 12.6 Å². The number of sulfonamides is 1. The van der Waals surface area contributed by atoms with Gasteiger partial charge in [-0.3, -0.25) is 0 Å². The first kappa shape index (κ1) is 11.6. The predicted octanol–water partition coefficient (Wildman–Crippen LogP) is 1.12. The molecule has 1 aromatic heterocycles. The molecule has 4 nitrogen and oxygen atoms in total. The molecule has 1 aromatic rings. The van der Waals surface area contributed by atoms with Crippen molar-refractivity contribution in [1.82, 2.24) is 9.62 Å². The number of nitrogens with zero attached hydrogens (tertiary/aromatic N) is 1. The Kier molecular flexibility index (Phi) is 2.98. The summed E-state index contributed by atoms with van der Waals surface area (Å²) in [6.07, 6.45) is 2.25. The van der Waals surface area contributed by atoms with E-state index in [-0.39, 0.29) is 6.04 Å². The summed E-state index contributed by atoms with van der Waals surface area (Å²) in [5, 5.41) is 1.80. The maximum absolute atomic E-state index is 12.1. The van der Waals surface area contributed by atoms with Gasteiger partial charge in [0.1, 0.15) is 4.21 Å². The largest absolute Gasteiger partial charge is 0.302 e. The van der Waals surface area contributed by atoms with Crippen LogP contribution >= 0.6 is 11.3 Å². The summed E-state index contributed by atoms with van der Waals surface area (Å²) in [6, 6.07) is 3.54. The van der Waals surface area contributed by atoms with Crippen molar-refractivity contribution in [2.24, 2.45) is 5.92 Å². The highest BCUT2D eigenvalue weighted by molar-refractivity contribution is 7.91. The Morgan fingerprint density at radius 1 is 1.35 bits per heavy atom. The second-order valence-electron chi connectivity index (χ2n) is 4.80. The lowest BCUT2D eigenvalue weighted by Gasteiger charge is -2.44. The molecule has 0 saturated carbocycles. The van der Waals surface area contributed by atoms with E-state index in [0.29, 0.717) is 10.1 Å². The first-order valence-electron chi connectivity index (χ1n) is 5.93. The topological polar surface area (TPSA) is 49.4 Å². The predicted molar refractivity (Wildman–Crippen MR) is 67.6 cm³/mol. The standard InChI is InChI=1S/C11H16N2O2S2/c14-17(15,11-2-1-7-16-11)12-10-8-13-5-3-9(10)4-6-13/h1-2,7,9-10,12H,3-6,8H2/t10-/m1/s1. The number of fused-ring (bicyclic) bond motifs is 3. The lowest BCUT2D eigenvalue weighted by molar-refractivity contribution is 0.0827. The molecule has 0 aliphatic carbocycles. The minimum absolute atomic E-state index is 0.101. The van der Waals surface area contributed by atoms with Crippen molar-refractivity contribution in [3.8, 4) is 0 Å². The second kappa shape index (κ2) is 4.35. The van der Waals surface area contributed by atoms with E-state index in [2.05, 4.69) is 9.62 Å². The third kappa shape index (κ3) is 2.27. The molecule has 1 N–H and O–H groups in total. The van der Waals surface area contributed by atoms with E-state index >= 15 is 0 Å². The first-order valence-corrected chi connectivity index (χ1v) is 8.30. The fraction of sp³-hybridized carbons (Fsp3) is 0.636. The van der Waals surface area contributed by atoms with Crippen molar-refractivity contribution in [1.29, 1.82) is 0 Å². The van der Waals surface area contributed by atoms with Crippen LogP contribution in [-0.2, 0) is 10.0 Å². The third-order valence-corrected chi connectivity index (χ3v) is 6.61. The zero-order valence-corrected chi connectivity index (χ0v) is 11.1. The van der Waals surface area contributed by atoms with Gasteiger partial charge in [0.2, 0.25) is 10.0 Å². The van der Waals surface area contributed by atoms with Gasteiger partial charge in [0.05, 0.1) is 0 Å². The molecule has 6 heteroatoms. The van der Waals surface area contributed by atoms with Crippen LogP contribution in [0.1, 0.15) is 12.8 Å². The zero-order valence-electron chi connectivity index (χ0n) is 9.50. The Bertz CT molecular complexity index is 476. The number of hydrogen-bond acceptors (Lipinski definition) is 4. The average Bonchev–Trinajstić information content (AvgIpc) is 2.84. The fourth-order valence-corrected chi connectivity index (χ4v) is 5.08. The molecule has 3 fully saturated rings. The Morgan fingerprint density at radius 2 is 2.12 bits per heavy atom. The fourth-order valence-electron chi connectivity index (χ4n) is 2.77. The van der Waals surface area contributed by atoms with Crippen molar-refractivity contribution in [2.45, 2.75) is 23.1 Å². The Balaban J connectivity index is 1.75. The van der Waals surface area contributed by atoms with Gasteiger partial charge in [0.25, 0.3) is 0 Å². The maximum atomic E-state index is 12.1. The summed E-state index contributed by atoms with van der Waals surface area (Å²) in [4.78, 5) is 2.35. The highest BCUT2D eigenvalue weighted by Gasteiger charge is 2.36. The molecule has 3 aliphatic rings. The number of thiophene rings is 1. The molecular weight excluding hydrogens is 256 g/mol. The van der Waals surface area contributed by atoms with Crippen molar-refractivity contribution in [2.75, 3.05) is 19.6 Å². The van der Waals surface area contributed by atoms with E-state index in [4.69, 9.17) is 0 Å². The van der Waals surface area contributed by atoms with Crippen LogP contribution in [0.5, 0.6) is 0 Å². The highest BCUT2D eigenvalue weighted by Crippen LogP contribution is 2.29. The van der Waals surface area contributed by atoms with E-state index in [1.165, 1.54) is 11.3 Å². The smallest absolute Gasteiger partial charge is 0.250 e. The van der Waals surface area contributed by atoms with Crippen LogP contribution in [0, 0.1) is 5.92 Å². The average molecular weight is 272 g/mol. The lowest BCUT2D eigenvalue weighted by Crippen LogP contribution is -2.57. The molecule has 3 aliphatic heterocycles. The Hall–Kier alpha value is -0.430.